The van der Waals surface area contributed by atoms with Gasteiger partial charge in [-0.15, -0.1) is 10.2 Å². The number of nitrogens with one attached hydrogen (secondary N) is 4. The van der Waals surface area contributed by atoms with Gasteiger partial charge in [0.25, 0.3) is 0 Å². The fourth-order valence-electron chi connectivity index (χ4n) is 4.68. The van der Waals surface area contributed by atoms with Gasteiger partial charge < -0.3 is 40.2 Å². The Bertz CT molecular complexity index is 990. The molecule has 0 aliphatic rings. The van der Waals surface area contributed by atoms with Crippen LogP contribution in [0.4, 0.5) is 0 Å². The van der Waals surface area contributed by atoms with E-state index in [-0.39, 0.29) is 0 Å². The molecule has 0 saturated heterocycles. The van der Waals surface area contributed by atoms with E-state index >= 15 is 0 Å². The molecule has 2 atom stereocenters. The molecular weight excluding hydrogens is 600 g/mol. The van der Waals surface area contributed by atoms with Gasteiger partial charge in [-0.1, -0.05) is 45.0 Å². The van der Waals surface area contributed by atoms with Crippen LogP contribution in [0, 0.1) is 11.8 Å². The number of hydrogen-bond acceptors (Lipinski definition) is 12. The predicted molar refractivity (Wildman–Crippen MR) is 185 cm³/mol. The zero-order chi connectivity index (χ0) is 34.0. The van der Waals surface area contributed by atoms with Crippen molar-refractivity contribution in [3.05, 3.63) is 23.8 Å². The first kappa shape index (κ1) is 41.1. The number of rotatable bonds is 32. The summed E-state index contributed by atoms with van der Waals surface area (Å²) in [4.78, 5) is 0. The average Bonchev–Trinajstić information content (AvgIpc) is 3.69. The minimum absolute atomic E-state index is 0.410. The number of hydrogen-bond donors (Lipinski definition) is 4. The van der Waals surface area contributed by atoms with Crippen LogP contribution in [0.25, 0.3) is 0 Å². The van der Waals surface area contributed by atoms with E-state index in [4.69, 9.17) is 18.9 Å². The van der Waals surface area contributed by atoms with Crippen molar-refractivity contribution in [1.82, 2.24) is 51.3 Å². The lowest BCUT2D eigenvalue weighted by molar-refractivity contribution is 0.0445. The van der Waals surface area contributed by atoms with Crippen LogP contribution in [0.1, 0.15) is 65.8 Å². The summed E-state index contributed by atoms with van der Waals surface area (Å²) in [5.41, 5.74) is 2.07. The van der Waals surface area contributed by atoms with Crippen LogP contribution in [-0.4, -0.2) is 128 Å². The quantitative estimate of drug-likeness (QED) is 0.0847. The van der Waals surface area contributed by atoms with Crippen LogP contribution < -0.4 is 21.3 Å². The first-order chi connectivity index (χ1) is 22.8. The number of aromatic nitrogens is 6. The molecule has 0 saturated carbocycles. The molecule has 0 amide bonds. The van der Waals surface area contributed by atoms with Crippen LogP contribution in [0.15, 0.2) is 12.4 Å². The van der Waals surface area contributed by atoms with Crippen LogP contribution in [0.5, 0.6) is 0 Å². The fraction of sp³-hybridized carbons (Fsp3) is 0.879. The Morgan fingerprint density at radius 2 is 1.36 bits per heavy atom. The SMILES string of the molecule is CC(C)CNCCOCCOCCn1cc(CNC(C)CCC(C)CNCCOCCOCCn2nncc2CCNC(C)C)nn1. The summed E-state index contributed by atoms with van der Waals surface area (Å²) in [6.45, 7) is 24.9. The normalized spacial score (nSPS) is 13.3. The molecule has 0 spiro atoms. The third-order valence-corrected chi connectivity index (χ3v) is 7.49. The lowest BCUT2D eigenvalue weighted by Crippen LogP contribution is -2.29. The summed E-state index contributed by atoms with van der Waals surface area (Å²) in [7, 11) is 0. The number of ether oxygens (including phenoxy) is 4. The Balaban J connectivity index is 1.37. The Labute approximate surface area is 283 Å². The van der Waals surface area contributed by atoms with Gasteiger partial charge >= 0.3 is 0 Å². The summed E-state index contributed by atoms with van der Waals surface area (Å²) in [6.07, 6.45) is 6.99. The Morgan fingerprint density at radius 1 is 0.702 bits per heavy atom. The van der Waals surface area contributed by atoms with Crippen molar-refractivity contribution < 1.29 is 18.9 Å². The third kappa shape index (κ3) is 22.3. The van der Waals surface area contributed by atoms with Crippen molar-refractivity contribution in [1.29, 1.82) is 0 Å². The van der Waals surface area contributed by atoms with E-state index in [1.807, 2.05) is 21.8 Å². The second-order valence-corrected chi connectivity index (χ2v) is 13.0. The summed E-state index contributed by atoms with van der Waals surface area (Å²) in [6, 6.07) is 0.888. The second kappa shape index (κ2) is 26.9. The smallest absolute Gasteiger partial charge is 0.0964 e. The molecule has 2 aromatic heterocycles. The van der Waals surface area contributed by atoms with Gasteiger partial charge in [0, 0.05) is 50.9 Å². The van der Waals surface area contributed by atoms with Gasteiger partial charge in [0.05, 0.1) is 83.5 Å². The van der Waals surface area contributed by atoms with Gasteiger partial charge in [-0.25, -0.2) is 9.36 Å². The molecule has 2 heterocycles. The maximum absolute atomic E-state index is 5.72. The highest BCUT2D eigenvalue weighted by atomic mass is 16.5. The molecule has 0 aliphatic heterocycles. The molecule has 0 fully saturated rings. The van der Waals surface area contributed by atoms with E-state index < -0.39 is 0 Å². The van der Waals surface area contributed by atoms with E-state index in [9.17, 15) is 0 Å². The molecule has 272 valence electrons. The van der Waals surface area contributed by atoms with E-state index in [1.54, 1.807) is 0 Å². The highest BCUT2D eigenvalue weighted by Gasteiger charge is 2.09. The van der Waals surface area contributed by atoms with Gasteiger partial charge in [-0.3, -0.25) is 0 Å². The molecule has 47 heavy (non-hydrogen) atoms. The van der Waals surface area contributed by atoms with Crippen LogP contribution >= 0.6 is 0 Å². The molecule has 14 heteroatoms. The van der Waals surface area contributed by atoms with Crippen molar-refractivity contribution in [2.75, 3.05) is 85.6 Å². The summed E-state index contributed by atoms with van der Waals surface area (Å²) >= 11 is 0. The highest BCUT2D eigenvalue weighted by Crippen LogP contribution is 2.08. The molecule has 0 radical (unpaired) electrons. The number of nitrogens with zero attached hydrogens (tertiary/aromatic N) is 6. The fourth-order valence-corrected chi connectivity index (χ4v) is 4.68. The maximum Gasteiger partial charge on any atom is 0.0964 e. The molecular formula is C33H66N10O4. The van der Waals surface area contributed by atoms with Crippen molar-refractivity contribution in [3.63, 3.8) is 0 Å². The Kier molecular flexibility index (Phi) is 23.5. The van der Waals surface area contributed by atoms with E-state index in [2.05, 4.69) is 83.4 Å². The molecule has 14 nitrogen and oxygen atoms in total. The van der Waals surface area contributed by atoms with Gasteiger partial charge in [-0.05, 0) is 44.7 Å². The summed E-state index contributed by atoms with van der Waals surface area (Å²) < 4.78 is 26.4. The lowest BCUT2D eigenvalue weighted by Gasteiger charge is -2.17. The summed E-state index contributed by atoms with van der Waals surface area (Å²) in [5, 5.41) is 30.6. The minimum Gasteiger partial charge on any atom is -0.378 e. The lowest BCUT2D eigenvalue weighted by atomic mass is 10.0. The van der Waals surface area contributed by atoms with Crippen molar-refractivity contribution >= 4 is 0 Å². The van der Waals surface area contributed by atoms with Crippen molar-refractivity contribution in [2.24, 2.45) is 11.8 Å². The maximum atomic E-state index is 5.72. The molecule has 0 aliphatic carbocycles. The average molecular weight is 667 g/mol. The minimum atomic E-state index is 0.410. The molecule has 4 N–H and O–H groups in total. The van der Waals surface area contributed by atoms with Gasteiger partial charge in [0.1, 0.15) is 0 Å². The first-order valence-electron chi connectivity index (χ1n) is 17.8. The van der Waals surface area contributed by atoms with Crippen molar-refractivity contribution in [3.8, 4) is 0 Å². The highest BCUT2D eigenvalue weighted by molar-refractivity contribution is 4.95. The second-order valence-electron chi connectivity index (χ2n) is 13.0. The van der Waals surface area contributed by atoms with E-state index in [0.717, 1.165) is 63.4 Å². The van der Waals surface area contributed by atoms with Crippen LogP contribution in [0.3, 0.4) is 0 Å². The third-order valence-electron chi connectivity index (χ3n) is 7.49. The molecule has 2 unspecified atom stereocenters. The topological polar surface area (TPSA) is 146 Å². The predicted octanol–water partition coefficient (Wildman–Crippen LogP) is 1.91. The zero-order valence-corrected chi connectivity index (χ0v) is 30.2. The zero-order valence-electron chi connectivity index (χ0n) is 30.2. The Morgan fingerprint density at radius 3 is 2.04 bits per heavy atom. The summed E-state index contributed by atoms with van der Waals surface area (Å²) in [5.74, 6) is 1.26. The standard InChI is InChI=1S/C33H66N10O4/c1-28(2)23-34-11-15-44-19-21-46-17-13-42-27-32(39-41-42)25-37-31(6)8-7-30(5)24-35-12-16-45-20-22-47-18-14-43-33(26-38-40-43)9-10-36-29(3)4/h26-31,34-37H,7-25H2,1-6H3. The molecule has 2 rings (SSSR count). The largest absolute Gasteiger partial charge is 0.378 e. The van der Waals surface area contributed by atoms with Crippen LogP contribution in [0.2, 0.25) is 0 Å². The van der Waals surface area contributed by atoms with Gasteiger partial charge in [-0.2, -0.15) is 0 Å². The van der Waals surface area contributed by atoms with Gasteiger partial charge in [0.15, 0.2) is 0 Å². The van der Waals surface area contributed by atoms with Crippen LogP contribution in [-0.2, 0) is 45.0 Å². The Hall–Kier alpha value is -2.04. The van der Waals surface area contributed by atoms with E-state index in [0.29, 0.717) is 96.4 Å². The van der Waals surface area contributed by atoms with Crippen molar-refractivity contribution in [2.45, 2.75) is 92.5 Å². The molecule has 0 bridgehead atoms. The van der Waals surface area contributed by atoms with E-state index in [1.165, 1.54) is 0 Å². The first-order valence-corrected chi connectivity index (χ1v) is 17.8. The molecule has 0 aromatic carbocycles. The monoisotopic (exact) mass is 667 g/mol. The van der Waals surface area contributed by atoms with Gasteiger partial charge in [0.2, 0.25) is 0 Å². The molecule has 2 aromatic rings.